The highest BCUT2D eigenvalue weighted by Crippen LogP contribution is 2.32. The van der Waals surface area contributed by atoms with Crippen LogP contribution in [0.4, 0.5) is 0 Å². The second kappa shape index (κ2) is 6.31. The molecule has 3 rings (SSSR count). The van der Waals surface area contributed by atoms with Crippen LogP contribution in [0.2, 0.25) is 0 Å². The lowest BCUT2D eigenvalue weighted by atomic mass is 10.1. The van der Waals surface area contributed by atoms with Crippen molar-refractivity contribution in [2.24, 2.45) is 5.92 Å². The van der Waals surface area contributed by atoms with Crippen LogP contribution in [0, 0.1) is 5.92 Å². The van der Waals surface area contributed by atoms with Gasteiger partial charge in [-0.15, -0.1) is 11.6 Å². The first kappa shape index (κ1) is 14.2. The molecule has 1 fully saturated rings. The Balaban J connectivity index is 1.58. The van der Waals surface area contributed by atoms with Crippen LogP contribution in [-0.2, 0) is 12.5 Å². The Morgan fingerprint density at radius 3 is 2.19 bits per heavy atom. The zero-order chi connectivity index (χ0) is 14.7. The molecule has 2 aromatic carbocycles. The molecule has 108 valence electrons. The Labute approximate surface area is 129 Å². The molecule has 21 heavy (non-hydrogen) atoms. The largest absolute Gasteiger partial charge is 0.489 e. The van der Waals surface area contributed by atoms with Crippen molar-refractivity contribution in [1.82, 2.24) is 0 Å². The Morgan fingerprint density at radius 2 is 1.62 bits per heavy atom. The Kier molecular flexibility index (Phi) is 4.26. The van der Waals surface area contributed by atoms with Gasteiger partial charge in [-0.2, -0.15) is 0 Å². The van der Waals surface area contributed by atoms with Gasteiger partial charge in [0.1, 0.15) is 12.4 Å². The van der Waals surface area contributed by atoms with Gasteiger partial charge >= 0.3 is 0 Å². The second-order valence-corrected chi connectivity index (χ2v) is 5.67. The lowest BCUT2D eigenvalue weighted by molar-refractivity contribution is 0.0967. The zero-order valence-electron chi connectivity index (χ0n) is 11.7. The summed E-state index contributed by atoms with van der Waals surface area (Å²) in [5.41, 5.74) is 2.99. The minimum absolute atomic E-state index is 0.261. The van der Waals surface area contributed by atoms with Crippen molar-refractivity contribution in [3.63, 3.8) is 0 Å². The summed E-state index contributed by atoms with van der Waals surface area (Å²) in [5.74, 6) is 1.83. The monoisotopic (exact) mass is 300 g/mol. The van der Waals surface area contributed by atoms with Gasteiger partial charge in [0.25, 0.3) is 0 Å². The highest BCUT2D eigenvalue weighted by molar-refractivity contribution is 6.17. The van der Waals surface area contributed by atoms with E-state index in [0.29, 0.717) is 12.5 Å². The molecule has 0 radical (unpaired) electrons. The average molecular weight is 301 g/mol. The molecule has 1 aliphatic carbocycles. The van der Waals surface area contributed by atoms with Gasteiger partial charge in [-0.3, -0.25) is 4.79 Å². The summed E-state index contributed by atoms with van der Waals surface area (Å²) in [4.78, 5) is 11.9. The smallest absolute Gasteiger partial charge is 0.165 e. The number of ether oxygens (including phenoxy) is 1. The Hall–Kier alpha value is -1.80. The van der Waals surface area contributed by atoms with Gasteiger partial charge in [0, 0.05) is 17.4 Å². The van der Waals surface area contributed by atoms with Crippen LogP contribution < -0.4 is 4.74 Å². The number of carbonyl (C=O) groups is 1. The minimum atomic E-state index is 0.261. The van der Waals surface area contributed by atoms with Crippen molar-refractivity contribution in [2.75, 3.05) is 0 Å². The molecule has 1 saturated carbocycles. The van der Waals surface area contributed by atoms with E-state index >= 15 is 0 Å². The Morgan fingerprint density at radius 1 is 1.00 bits per heavy atom. The molecule has 0 atom stereocenters. The van der Waals surface area contributed by atoms with Crippen LogP contribution in [0.15, 0.2) is 48.5 Å². The fraction of sp³-hybridized carbons (Fsp3) is 0.278. The lowest BCUT2D eigenvalue weighted by Gasteiger charge is -2.07. The molecule has 0 amide bonds. The van der Waals surface area contributed by atoms with Gasteiger partial charge in [0.2, 0.25) is 0 Å². The maximum Gasteiger partial charge on any atom is 0.165 e. The predicted molar refractivity (Wildman–Crippen MR) is 83.8 cm³/mol. The van der Waals surface area contributed by atoms with Crippen LogP contribution >= 0.6 is 11.6 Å². The van der Waals surface area contributed by atoms with Gasteiger partial charge < -0.3 is 4.74 Å². The number of benzene rings is 2. The van der Waals surface area contributed by atoms with E-state index in [4.69, 9.17) is 16.3 Å². The van der Waals surface area contributed by atoms with E-state index in [2.05, 4.69) is 0 Å². The summed E-state index contributed by atoms with van der Waals surface area (Å²) in [6.07, 6.45) is 2.07. The fourth-order valence-electron chi connectivity index (χ4n) is 2.19. The Bertz CT molecular complexity index is 613. The third kappa shape index (κ3) is 3.64. The van der Waals surface area contributed by atoms with Crippen LogP contribution in [0.3, 0.4) is 0 Å². The third-order valence-electron chi connectivity index (χ3n) is 3.67. The quantitative estimate of drug-likeness (QED) is 0.576. The molecule has 2 nitrogen and oxygen atoms in total. The summed E-state index contributed by atoms with van der Waals surface area (Å²) in [7, 11) is 0. The molecular formula is C18H17ClO2. The summed E-state index contributed by atoms with van der Waals surface area (Å²) < 4.78 is 5.73. The van der Waals surface area contributed by atoms with Gasteiger partial charge in [-0.1, -0.05) is 24.3 Å². The first-order valence-electron chi connectivity index (χ1n) is 7.17. The van der Waals surface area contributed by atoms with Crippen LogP contribution in [0.25, 0.3) is 0 Å². The molecular weight excluding hydrogens is 284 g/mol. The number of Topliss-reactive ketones (excluding diaryl/α,β-unsaturated/α-hetero) is 1. The predicted octanol–water partition coefficient (Wildman–Crippen LogP) is 4.60. The average Bonchev–Trinajstić information content (AvgIpc) is 3.38. The first-order valence-corrected chi connectivity index (χ1v) is 7.70. The van der Waals surface area contributed by atoms with Gasteiger partial charge in [0.15, 0.2) is 5.78 Å². The van der Waals surface area contributed by atoms with Gasteiger partial charge in [-0.05, 0) is 48.2 Å². The number of rotatable bonds is 6. The van der Waals surface area contributed by atoms with Crippen molar-refractivity contribution in [2.45, 2.75) is 25.3 Å². The van der Waals surface area contributed by atoms with Gasteiger partial charge in [-0.25, -0.2) is 0 Å². The maximum atomic E-state index is 11.9. The van der Waals surface area contributed by atoms with Crippen molar-refractivity contribution in [1.29, 1.82) is 0 Å². The second-order valence-electron chi connectivity index (χ2n) is 5.40. The van der Waals surface area contributed by atoms with E-state index in [-0.39, 0.29) is 11.7 Å². The number of alkyl halides is 1. The van der Waals surface area contributed by atoms with Crippen molar-refractivity contribution >= 4 is 17.4 Å². The summed E-state index contributed by atoms with van der Waals surface area (Å²) in [6, 6.07) is 15.5. The number of carbonyl (C=O) groups excluding carboxylic acids is 1. The normalized spacial score (nSPS) is 14.0. The molecule has 0 aromatic heterocycles. The molecule has 1 aliphatic rings. The van der Waals surface area contributed by atoms with E-state index in [9.17, 15) is 4.79 Å². The molecule has 0 spiro atoms. The third-order valence-corrected chi connectivity index (χ3v) is 3.98. The van der Waals surface area contributed by atoms with E-state index in [1.807, 2.05) is 48.5 Å². The standard InChI is InChI=1S/C18H17ClO2/c19-11-13-1-3-14(4-2-13)12-21-17-9-7-16(8-10-17)18(20)15-5-6-15/h1-4,7-10,15H,5-6,11-12H2. The lowest BCUT2D eigenvalue weighted by Crippen LogP contribution is -2.01. The van der Waals surface area contributed by atoms with E-state index in [1.165, 1.54) is 0 Å². The summed E-state index contributed by atoms with van der Waals surface area (Å²) in [6.45, 7) is 0.512. The highest BCUT2D eigenvalue weighted by Gasteiger charge is 2.30. The molecule has 0 heterocycles. The molecule has 0 bridgehead atoms. The van der Waals surface area contributed by atoms with Crippen LogP contribution in [0.1, 0.15) is 34.3 Å². The van der Waals surface area contributed by atoms with Crippen molar-refractivity contribution in [3.8, 4) is 5.75 Å². The highest BCUT2D eigenvalue weighted by atomic mass is 35.5. The minimum Gasteiger partial charge on any atom is -0.489 e. The summed E-state index contributed by atoms with van der Waals surface area (Å²) in [5, 5.41) is 0. The SMILES string of the molecule is O=C(c1ccc(OCc2ccc(CCl)cc2)cc1)C1CC1. The topological polar surface area (TPSA) is 26.3 Å². The molecule has 0 N–H and O–H groups in total. The van der Waals surface area contributed by atoms with Gasteiger partial charge in [0.05, 0.1) is 0 Å². The molecule has 3 heteroatoms. The number of hydrogen-bond donors (Lipinski definition) is 0. The van der Waals surface area contributed by atoms with E-state index in [1.54, 1.807) is 0 Å². The van der Waals surface area contributed by atoms with Crippen LogP contribution in [0.5, 0.6) is 5.75 Å². The molecule has 0 saturated heterocycles. The van der Waals surface area contributed by atoms with Crippen LogP contribution in [-0.4, -0.2) is 5.78 Å². The number of halogens is 1. The number of ketones is 1. The molecule has 0 unspecified atom stereocenters. The van der Waals surface area contributed by atoms with Crippen molar-refractivity contribution < 1.29 is 9.53 Å². The molecule has 2 aromatic rings. The molecule has 0 aliphatic heterocycles. The number of hydrogen-bond acceptors (Lipinski definition) is 2. The zero-order valence-corrected chi connectivity index (χ0v) is 12.5. The van der Waals surface area contributed by atoms with Crippen molar-refractivity contribution in [3.05, 3.63) is 65.2 Å². The maximum absolute atomic E-state index is 11.9. The fourth-order valence-corrected chi connectivity index (χ4v) is 2.37. The summed E-state index contributed by atoms with van der Waals surface area (Å²) >= 11 is 5.76. The van der Waals surface area contributed by atoms with E-state index in [0.717, 1.165) is 35.3 Å². The van der Waals surface area contributed by atoms with E-state index < -0.39 is 0 Å². The first-order chi connectivity index (χ1) is 10.3.